The van der Waals surface area contributed by atoms with E-state index < -0.39 is 11.8 Å². The largest absolute Gasteiger partial charge is 0.486 e. The number of para-hydroxylation sites is 1. The quantitative estimate of drug-likeness (QED) is 0.633. The molecule has 2 aliphatic rings. The van der Waals surface area contributed by atoms with Crippen LogP contribution in [0.5, 0.6) is 11.5 Å². The number of rotatable bonds is 4. The van der Waals surface area contributed by atoms with Gasteiger partial charge < -0.3 is 24.7 Å². The normalized spacial score (nSPS) is 15.7. The lowest BCUT2D eigenvalue weighted by Gasteiger charge is -2.29. The minimum absolute atomic E-state index is 0.00265. The molecule has 1 aliphatic carbocycles. The van der Waals surface area contributed by atoms with Gasteiger partial charge in [0.15, 0.2) is 11.5 Å². The second kappa shape index (κ2) is 8.53. The summed E-state index contributed by atoms with van der Waals surface area (Å²) in [6, 6.07) is 11.0. The number of amides is 2. The summed E-state index contributed by atoms with van der Waals surface area (Å²) in [6.07, 6.45) is 3.75. The predicted molar refractivity (Wildman–Crippen MR) is 119 cm³/mol. The molecule has 5 rings (SSSR count). The molecule has 1 fully saturated rings. The average Bonchev–Trinajstić information content (AvgIpc) is 3.32. The van der Waals surface area contributed by atoms with Gasteiger partial charge in [0, 0.05) is 23.1 Å². The number of nitrogens with zero attached hydrogens (tertiary/aromatic N) is 1. The molecule has 32 heavy (non-hydrogen) atoms. The number of ether oxygens (including phenoxy) is 2. The lowest BCUT2D eigenvalue weighted by atomic mass is 10.1. The first kappa shape index (κ1) is 20.4. The molecule has 0 spiro atoms. The second-order valence-electron chi connectivity index (χ2n) is 8.18. The topological polar surface area (TPSA) is 83.7 Å². The van der Waals surface area contributed by atoms with Gasteiger partial charge >= 0.3 is 6.03 Å². The zero-order valence-corrected chi connectivity index (χ0v) is 17.5. The average molecular weight is 437 g/mol. The van der Waals surface area contributed by atoms with Gasteiger partial charge in [0.25, 0.3) is 5.56 Å². The van der Waals surface area contributed by atoms with Crippen LogP contribution in [0.3, 0.4) is 0 Å². The van der Waals surface area contributed by atoms with E-state index in [1.54, 1.807) is 29.2 Å². The number of carbonyl (C=O) groups is 1. The van der Waals surface area contributed by atoms with Crippen LogP contribution in [-0.4, -0.2) is 35.2 Å². The van der Waals surface area contributed by atoms with Crippen molar-refractivity contribution in [3.8, 4) is 11.5 Å². The highest BCUT2D eigenvalue weighted by atomic mass is 19.1. The van der Waals surface area contributed by atoms with E-state index >= 15 is 0 Å². The number of nitrogens with one attached hydrogen (secondary N) is 2. The second-order valence-corrected chi connectivity index (χ2v) is 8.18. The van der Waals surface area contributed by atoms with Gasteiger partial charge in [0.05, 0.1) is 17.7 Å². The lowest BCUT2D eigenvalue weighted by Crippen LogP contribution is -2.42. The number of hydrogen-bond acceptors (Lipinski definition) is 4. The summed E-state index contributed by atoms with van der Waals surface area (Å²) in [6.45, 7) is 1.07. The molecule has 3 aromatic rings. The van der Waals surface area contributed by atoms with Crippen molar-refractivity contribution in [3.05, 3.63) is 64.2 Å². The number of pyridine rings is 1. The number of hydrogen-bond donors (Lipinski definition) is 2. The van der Waals surface area contributed by atoms with E-state index in [2.05, 4.69) is 10.3 Å². The predicted octanol–water partition coefficient (Wildman–Crippen LogP) is 4.42. The number of H-pyrrole nitrogens is 1. The van der Waals surface area contributed by atoms with Gasteiger partial charge in [0.2, 0.25) is 0 Å². The van der Waals surface area contributed by atoms with E-state index in [1.165, 1.54) is 12.1 Å². The smallest absolute Gasteiger partial charge is 0.322 e. The highest BCUT2D eigenvalue weighted by Gasteiger charge is 2.28. The van der Waals surface area contributed by atoms with Crippen molar-refractivity contribution in [2.45, 2.75) is 38.3 Å². The summed E-state index contributed by atoms with van der Waals surface area (Å²) in [5.74, 6) is 0.735. The minimum atomic E-state index is -0.497. The zero-order valence-electron chi connectivity index (χ0n) is 17.5. The third-order valence-corrected chi connectivity index (χ3v) is 6.07. The van der Waals surface area contributed by atoms with Crippen molar-refractivity contribution >= 4 is 22.6 Å². The number of urea groups is 1. The van der Waals surface area contributed by atoms with Crippen molar-refractivity contribution in [3.63, 3.8) is 0 Å². The third kappa shape index (κ3) is 4.00. The number of aromatic nitrogens is 1. The number of benzene rings is 2. The van der Waals surface area contributed by atoms with Gasteiger partial charge in [-0.3, -0.25) is 4.79 Å². The summed E-state index contributed by atoms with van der Waals surface area (Å²) in [4.78, 5) is 30.5. The highest BCUT2D eigenvalue weighted by Crippen LogP contribution is 2.34. The van der Waals surface area contributed by atoms with Crippen LogP contribution in [0.1, 0.15) is 31.2 Å². The molecule has 1 aromatic heterocycles. The first-order valence-electron chi connectivity index (χ1n) is 10.9. The first-order valence-corrected chi connectivity index (χ1v) is 10.9. The molecule has 2 aromatic carbocycles. The Balaban J connectivity index is 1.46. The van der Waals surface area contributed by atoms with Gasteiger partial charge in [-0.2, -0.15) is 0 Å². The Labute approximate surface area is 184 Å². The van der Waals surface area contributed by atoms with E-state index in [9.17, 15) is 14.0 Å². The van der Waals surface area contributed by atoms with Crippen molar-refractivity contribution in [2.75, 3.05) is 18.5 Å². The van der Waals surface area contributed by atoms with Crippen LogP contribution < -0.4 is 20.3 Å². The zero-order chi connectivity index (χ0) is 22.1. The molecule has 7 nitrogen and oxygen atoms in total. The Morgan fingerprint density at radius 1 is 1.09 bits per heavy atom. The molecular weight excluding hydrogens is 413 g/mol. The summed E-state index contributed by atoms with van der Waals surface area (Å²) in [5.41, 5.74) is 0.962. The van der Waals surface area contributed by atoms with Crippen LogP contribution in [0.2, 0.25) is 0 Å². The van der Waals surface area contributed by atoms with Crippen molar-refractivity contribution in [2.24, 2.45) is 0 Å². The highest BCUT2D eigenvalue weighted by molar-refractivity contribution is 5.90. The Kier molecular flexibility index (Phi) is 5.43. The maximum Gasteiger partial charge on any atom is 0.322 e. The molecule has 0 unspecified atom stereocenters. The van der Waals surface area contributed by atoms with Crippen LogP contribution >= 0.6 is 0 Å². The third-order valence-electron chi connectivity index (χ3n) is 6.07. The van der Waals surface area contributed by atoms with E-state index in [4.69, 9.17) is 9.47 Å². The standard InChI is InChI=1S/C24H24FN3O4/c25-18-7-3-4-8-19(18)27-24(30)28(17-5-1-2-6-17)14-16-11-15-12-21-22(32-10-9-31-21)13-20(15)26-23(16)29/h3-4,7-8,11-13,17H,1-2,5-6,9-10,14H2,(H,26,29)(H,27,30). The maximum absolute atomic E-state index is 14.1. The van der Waals surface area contributed by atoms with Crippen molar-refractivity contribution in [1.82, 2.24) is 9.88 Å². The molecule has 2 amide bonds. The van der Waals surface area contributed by atoms with E-state index in [0.717, 1.165) is 31.1 Å². The molecule has 166 valence electrons. The summed E-state index contributed by atoms with van der Waals surface area (Å²) in [5, 5.41) is 3.46. The van der Waals surface area contributed by atoms with Crippen LogP contribution in [0.4, 0.5) is 14.9 Å². The van der Waals surface area contributed by atoms with Gasteiger partial charge in [0.1, 0.15) is 19.0 Å². The van der Waals surface area contributed by atoms with Crippen molar-refractivity contribution in [1.29, 1.82) is 0 Å². The summed E-state index contributed by atoms with van der Waals surface area (Å²) < 4.78 is 25.3. The Bertz CT molecular complexity index is 1220. The molecule has 0 saturated heterocycles. The van der Waals surface area contributed by atoms with Gasteiger partial charge in [-0.1, -0.05) is 25.0 Å². The minimum Gasteiger partial charge on any atom is -0.486 e. The van der Waals surface area contributed by atoms with E-state index in [0.29, 0.717) is 35.8 Å². The Morgan fingerprint density at radius 2 is 1.81 bits per heavy atom. The van der Waals surface area contributed by atoms with Crippen LogP contribution in [0.25, 0.3) is 10.9 Å². The number of carbonyl (C=O) groups excluding carboxylic acids is 1. The van der Waals surface area contributed by atoms with Gasteiger partial charge in [-0.05, 0) is 37.1 Å². The monoisotopic (exact) mass is 437 g/mol. The van der Waals surface area contributed by atoms with Crippen LogP contribution in [0.15, 0.2) is 47.3 Å². The van der Waals surface area contributed by atoms with Crippen LogP contribution in [0, 0.1) is 5.82 Å². The first-order chi connectivity index (χ1) is 15.6. The summed E-state index contributed by atoms with van der Waals surface area (Å²) in [7, 11) is 0. The molecule has 8 heteroatoms. The van der Waals surface area contributed by atoms with Crippen LogP contribution in [-0.2, 0) is 6.54 Å². The Morgan fingerprint density at radius 3 is 2.56 bits per heavy atom. The molecule has 0 radical (unpaired) electrons. The van der Waals surface area contributed by atoms with E-state index in [-0.39, 0.29) is 23.8 Å². The number of halogens is 1. The fourth-order valence-corrected chi connectivity index (χ4v) is 4.42. The number of fused-ring (bicyclic) bond motifs is 2. The molecule has 2 heterocycles. The summed E-state index contributed by atoms with van der Waals surface area (Å²) >= 11 is 0. The van der Waals surface area contributed by atoms with Gasteiger partial charge in [-0.25, -0.2) is 9.18 Å². The maximum atomic E-state index is 14.1. The fraction of sp³-hybridized carbons (Fsp3) is 0.333. The molecule has 1 aliphatic heterocycles. The fourth-order valence-electron chi connectivity index (χ4n) is 4.42. The molecule has 2 N–H and O–H groups in total. The van der Waals surface area contributed by atoms with Crippen molar-refractivity contribution < 1.29 is 18.7 Å². The van der Waals surface area contributed by atoms with E-state index in [1.807, 2.05) is 6.07 Å². The number of anilines is 1. The molecule has 1 saturated carbocycles. The SMILES string of the molecule is O=C(Nc1ccccc1F)N(Cc1cc2cc3c(cc2[nH]c1=O)OCCO3)C1CCCC1. The molecule has 0 bridgehead atoms. The van der Waals surface area contributed by atoms with Gasteiger partial charge in [-0.15, -0.1) is 0 Å². The molecule has 0 atom stereocenters. The Hall–Kier alpha value is -3.55. The number of aromatic amines is 1. The molecular formula is C24H24FN3O4. The lowest BCUT2D eigenvalue weighted by molar-refractivity contribution is 0.172.